The van der Waals surface area contributed by atoms with E-state index in [2.05, 4.69) is 5.32 Å². The van der Waals surface area contributed by atoms with E-state index >= 15 is 0 Å². The number of carbonyl (C=O) groups excluding carboxylic acids is 1. The first-order valence-electron chi connectivity index (χ1n) is 5.08. The van der Waals surface area contributed by atoms with Crippen LogP contribution >= 0.6 is 12.4 Å². The zero-order valence-electron chi connectivity index (χ0n) is 10.1. The van der Waals surface area contributed by atoms with Gasteiger partial charge in [0.05, 0.1) is 19.1 Å². The molecule has 0 rings (SSSR count). The molecule has 1 amide bonds. The topological polar surface area (TPSA) is 41.6 Å². The van der Waals surface area contributed by atoms with Gasteiger partial charge in [-0.3, -0.25) is 4.79 Å². The van der Waals surface area contributed by atoms with Crippen LogP contribution in [0.15, 0.2) is 0 Å². The highest BCUT2D eigenvalue weighted by molar-refractivity contribution is 5.85. The van der Waals surface area contributed by atoms with Gasteiger partial charge in [0.2, 0.25) is 5.91 Å². The summed E-state index contributed by atoms with van der Waals surface area (Å²) in [5, 5.41) is 3.00. The zero-order chi connectivity index (χ0) is 11.0. The molecule has 92 valence electrons. The summed E-state index contributed by atoms with van der Waals surface area (Å²) in [4.78, 5) is 13.2. The molecular weight excluding hydrogens is 216 g/mol. The fraction of sp³-hybridized carbons (Fsp3) is 0.900. The van der Waals surface area contributed by atoms with Crippen molar-refractivity contribution in [1.29, 1.82) is 0 Å². The molecule has 0 aliphatic carbocycles. The van der Waals surface area contributed by atoms with E-state index < -0.39 is 0 Å². The quantitative estimate of drug-likeness (QED) is 0.717. The number of hydrogen-bond donors (Lipinski definition) is 1. The van der Waals surface area contributed by atoms with Crippen LogP contribution in [0.3, 0.4) is 0 Å². The largest absolute Gasteiger partial charge is 0.378 e. The summed E-state index contributed by atoms with van der Waals surface area (Å²) in [7, 11) is 3.69. The fourth-order valence-electron chi connectivity index (χ4n) is 0.977. The summed E-state index contributed by atoms with van der Waals surface area (Å²) in [6.45, 7) is 6.02. The first-order chi connectivity index (χ1) is 6.57. The second kappa shape index (κ2) is 10.2. The molecule has 4 nitrogen and oxygen atoms in total. The number of halogens is 1. The second-order valence-electron chi connectivity index (χ2n) is 3.59. The Balaban J connectivity index is 0. The standard InChI is InChI=1S/C10H22N2O2.ClH/c1-9(2)14-8-5-10(13)12(4)7-6-11-3;/h9,11H,5-8H2,1-4H3;1H. The third-order valence-electron chi connectivity index (χ3n) is 1.89. The molecule has 0 aromatic heterocycles. The Morgan fingerprint density at radius 2 is 2.07 bits per heavy atom. The first-order valence-corrected chi connectivity index (χ1v) is 5.08. The van der Waals surface area contributed by atoms with Crippen LogP contribution in [0.5, 0.6) is 0 Å². The summed E-state index contributed by atoms with van der Waals surface area (Å²) >= 11 is 0. The summed E-state index contributed by atoms with van der Waals surface area (Å²) < 4.78 is 5.30. The van der Waals surface area contributed by atoms with Crippen molar-refractivity contribution in [2.45, 2.75) is 26.4 Å². The van der Waals surface area contributed by atoms with E-state index in [1.807, 2.05) is 27.9 Å². The molecule has 0 aromatic rings. The number of hydrogen-bond acceptors (Lipinski definition) is 3. The van der Waals surface area contributed by atoms with Crippen molar-refractivity contribution < 1.29 is 9.53 Å². The van der Waals surface area contributed by atoms with Crippen LogP contribution in [0.1, 0.15) is 20.3 Å². The number of nitrogens with zero attached hydrogens (tertiary/aromatic N) is 1. The van der Waals surface area contributed by atoms with E-state index in [0.717, 1.165) is 13.1 Å². The number of ether oxygens (including phenoxy) is 1. The molecule has 0 saturated carbocycles. The van der Waals surface area contributed by atoms with E-state index in [1.54, 1.807) is 4.90 Å². The minimum absolute atomic E-state index is 0. The first kappa shape index (κ1) is 17.1. The Morgan fingerprint density at radius 3 is 2.53 bits per heavy atom. The van der Waals surface area contributed by atoms with Gasteiger partial charge in [0.15, 0.2) is 0 Å². The second-order valence-corrected chi connectivity index (χ2v) is 3.59. The van der Waals surface area contributed by atoms with Crippen molar-refractivity contribution in [3.63, 3.8) is 0 Å². The average molecular weight is 239 g/mol. The molecule has 0 atom stereocenters. The van der Waals surface area contributed by atoms with E-state index in [-0.39, 0.29) is 24.4 Å². The molecule has 0 saturated heterocycles. The highest BCUT2D eigenvalue weighted by atomic mass is 35.5. The van der Waals surface area contributed by atoms with Gasteiger partial charge >= 0.3 is 0 Å². The number of carbonyl (C=O) groups is 1. The number of rotatable bonds is 7. The van der Waals surface area contributed by atoms with Crippen LogP contribution in [-0.2, 0) is 9.53 Å². The lowest BCUT2D eigenvalue weighted by atomic mass is 10.3. The molecule has 0 bridgehead atoms. The van der Waals surface area contributed by atoms with Crippen LogP contribution in [0.4, 0.5) is 0 Å². The number of likely N-dealkylation sites (N-methyl/N-ethyl adjacent to an activating group) is 2. The summed E-state index contributed by atoms with van der Waals surface area (Å²) in [5.41, 5.74) is 0. The molecule has 0 unspecified atom stereocenters. The van der Waals surface area contributed by atoms with Crippen LogP contribution in [0, 0.1) is 0 Å². The van der Waals surface area contributed by atoms with Gasteiger partial charge in [-0.1, -0.05) is 0 Å². The lowest BCUT2D eigenvalue weighted by molar-refractivity contribution is -0.131. The van der Waals surface area contributed by atoms with E-state index in [4.69, 9.17) is 4.74 Å². The lowest BCUT2D eigenvalue weighted by Gasteiger charge is -2.17. The van der Waals surface area contributed by atoms with Gasteiger partial charge in [0, 0.05) is 20.1 Å². The maximum Gasteiger partial charge on any atom is 0.224 e. The van der Waals surface area contributed by atoms with Gasteiger partial charge in [-0.2, -0.15) is 0 Å². The van der Waals surface area contributed by atoms with E-state index in [1.165, 1.54) is 0 Å². The molecule has 0 radical (unpaired) electrons. The maximum absolute atomic E-state index is 11.4. The molecule has 0 heterocycles. The molecule has 1 N–H and O–H groups in total. The molecule has 0 fully saturated rings. The smallest absolute Gasteiger partial charge is 0.224 e. The van der Waals surface area contributed by atoms with Crippen LogP contribution in [-0.4, -0.2) is 50.7 Å². The molecular formula is C10H23ClN2O2. The van der Waals surface area contributed by atoms with Crippen molar-refractivity contribution >= 4 is 18.3 Å². The third-order valence-corrected chi connectivity index (χ3v) is 1.89. The molecule has 0 aliphatic heterocycles. The summed E-state index contributed by atoms with van der Waals surface area (Å²) in [6, 6.07) is 0. The fourth-order valence-corrected chi connectivity index (χ4v) is 0.977. The normalized spacial score (nSPS) is 9.93. The predicted octanol–water partition coefficient (Wildman–Crippen LogP) is 0.901. The molecule has 0 spiro atoms. The molecule has 15 heavy (non-hydrogen) atoms. The minimum atomic E-state index is 0. The lowest BCUT2D eigenvalue weighted by Crippen LogP contribution is -2.33. The maximum atomic E-state index is 11.4. The number of nitrogens with one attached hydrogen (secondary N) is 1. The van der Waals surface area contributed by atoms with Gasteiger partial charge < -0.3 is 15.0 Å². The molecule has 0 aliphatic rings. The summed E-state index contributed by atoms with van der Waals surface area (Å²) in [5.74, 6) is 0.140. The van der Waals surface area contributed by atoms with Gasteiger partial charge in [0.1, 0.15) is 0 Å². The molecule has 0 aromatic carbocycles. The van der Waals surface area contributed by atoms with Crippen LogP contribution in [0.25, 0.3) is 0 Å². The summed E-state index contributed by atoms with van der Waals surface area (Å²) in [6.07, 6.45) is 0.670. The third kappa shape index (κ3) is 9.97. The van der Waals surface area contributed by atoms with Crippen molar-refractivity contribution in [1.82, 2.24) is 10.2 Å². The predicted molar refractivity (Wildman–Crippen MR) is 64.5 cm³/mol. The van der Waals surface area contributed by atoms with Gasteiger partial charge in [0.25, 0.3) is 0 Å². The highest BCUT2D eigenvalue weighted by Gasteiger charge is 2.07. The van der Waals surface area contributed by atoms with Gasteiger partial charge in [-0.05, 0) is 20.9 Å². The zero-order valence-corrected chi connectivity index (χ0v) is 10.9. The van der Waals surface area contributed by atoms with Gasteiger partial charge in [-0.15, -0.1) is 12.4 Å². The Hall–Kier alpha value is -0.320. The Bertz CT molecular complexity index is 166. The van der Waals surface area contributed by atoms with E-state index in [0.29, 0.717) is 13.0 Å². The Morgan fingerprint density at radius 1 is 1.47 bits per heavy atom. The Kier molecular flexibility index (Phi) is 11.6. The molecule has 5 heteroatoms. The Labute approximate surface area is 98.8 Å². The monoisotopic (exact) mass is 238 g/mol. The van der Waals surface area contributed by atoms with Crippen molar-refractivity contribution in [2.24, 2.45) is 0 Å². The van der Waals surface area contributed by atoms with Gasteiger partial charge in [-0.25, -0.2) is 0 Å². The van der Waals surface area contributed by atoms with Crippen LogP contribution in [0.2, 0.25) is 0 Å². The average Bonchev–Trinajstić information content (AvgIpc) is 2.13. The highest BCUT2D eigenvalue weighted by Crippen LogP contribution is 1.94. The van der Waals surface area contributed by atoms with E-state index in [9.17, 15) is 4.79 Å². The minimum Gasteiger partial charge on any atom is -0.378 e. The van der Waals surface area contributed by atoms with Crippen molar-refractivity contribution in [2.75, 3.05) is 33.8 Å². The van der Waals surface area contributed by atoms with Crippen molar-refractivity contribution in [3.05, 3.63) is 0 Å². The van der Waals surface area contributed by atoms with Crippen molar-refractivity contribution in [3.8, 4) is 0 Å². The van der Waals surface area contributed by atoms with Crippen LogP contribution < -0.4 is 5.32 Å². The SMILES string of the molecule is CNCCN(C)C(=O)CCOC(C)C.Cl. The number of amides is 1.